The molecule has 3 N–H and O–H groups in total. The van der Waals surface area contributed by atoms with E-state index in [1.165, 1.54) is 5.56 Å². The molecule has 0 spiro atoms. The number of guanidine groups is 1. The molecule has 0 saturated heterocycles. The number of nitrogens with one attached hydrogen (secondary N) is 1. The zero-order valence-electron chi connectivity index (χ0n) is 13.4. The minimum atomic E-state index is 0. The molecule has 2 rings (SSSR count). The summed E-state index contributed by atoms with van der Waals surface area (Å²) in [5.41, 5.74) is 7.97. The molecule has 1 unspecified atom stereocenters. The van der Waals surface area contributed by atoms with Crippen LogP contribution in [0, 0.1) is 0 Å². The minimum absolute atomic E-state index is 0. The number of hydrogen-bond acceptors (Lipinski definition) is 4. The molecule has 0 fully saturated rings. The molecule has 1 aromatic heterocycles. The fourth-order valence-electron chi connectivity index (χ4n) is 1.99. The van der Waals surface area contributed by atoms with Gasteiger partial charge in [-0.1, -0.05) is 6.92 Å². The van der Waals surface area contributed by atoms with Crippen LogP contribution in [0.4, 0.5) is 5.69 Å². The van der Waals surface area contributed by atoms with E-state index < -0.39 is 0 Å². The fourth-order valence-corrected chi connectivity index (χ4v) is 2.77. The van der Waals surface area contributed by atoms with Crippen molar-refractivity contribution in [3.05, 3.63) is 40.6 Å². The van der Waals surface area contributed by atoms with Crippen molar-refractivity contribution in [1.29, 1.82) is 0 Å². The SMILES string of the molecule is COc1ccc(OC)c(NC(N)=NCC(C)c2ccsc2)c1.I. The van der Waals surface area contributed by atoms with E-state index in [-0.39, 0.29) is 24.0 Å². The number of aliphatic imine (C=N–C) groups is 1. The van der Waals surface area contributed by atoms with Crippen molar-refractivity contribution < 1.29 is 9.47 Å². The van der Waals surface area contributed by atoms with E-state index in [4.69, 9.17) is 15.2 Å². The summed E-state index contributed by atoms with van der Waals surface area (Å²) in [7, 11) is 3.23. The molecule has 1 heterocycles. The first-order valence-electron chi connectivity index (χ1n) is 6.95. The summed E-state index contributed by atoms with van der Waals surface area (Å²) in [6, 6.07) is 7.58. The lowest BCUT2D eigenvalue weighted by Gasteiger charge is -2.13. The van der Waals surface area contributed by atoms with Gasteiger partial charge in [-0.15, -0.1) is 24.0 Å². The number of nitrogens with zero attached hydrogens (tertiary/aromatic N) is 1. The summed E-state index contributed by atoms with van der Waals surface area (Å²) in [5, 5.41) is 7.26. The van der Waals surface area contributed by atoms with Crippen molar-refractivity contribution >= 4 is 47.0 Å². The Hall–Kier alpha value is -1.48. The summed E-state index contributed by atoms with van der Waals surface area (Å²) in [5.74, 6) is 2.10. The van der Waals surface area contributed by atoms with Gasteiger partial charge in [-0.3, -0.25) is 4.99 Å². The number of ether oxygens (including phenoxy) is 2. The van der Waals surface area contributed by atoms with E-state index in [2.05, 4.69) is 34.1 Å². The first-order chi connectivity index (χ1) is 10.6. The van der Waals surface area contributed by atoms with Gasteiger partial charge in [-0.2, -0.15) is 11.3 Å². The molecule has 23 heavy (non-hydrogen) atoms. The molecule has 126 valence electrons. The Morgan fingerprint density at radius 3 is 2.70 bits per heavy atom. The van der Waals surface area contributed by atoms with Gasteiger partial charge in [0.25, 0.3) is 0 Å². The molecule has 0 amide bonds. The predicted molar refractivity (Wildman–Crippen MR) is 108 cm³/mol. The number of benzene rings is 1. The third-order valence-corrected chi connectivity index (χ3v) is 4.02. The van der Waals surface area contributed by atoms with E-state index >= 15 is 0 Å². The Morgan fingerprint density at radius 2 is 2.09 bits per heavy atom. The van der Waals surface area contributed by atoms with Crippen LogP contribution < -0.4 is 20.5 Å². The highest BCUT2D eigenvalue weighted by molar-refractivity contribution is 14.0. The molecule has 1 atom stereocenters. The van der Waals surface area contributed by atoms with Crippen LogP contribution in [0.5, 0.6) is 11.5 Å². The number of anilines is 1. The standard InChI is InChI=1S/C16H21N3O2S.HI/c1-11(12-6-7-22-10-12)9-18-16(17)19-14-8-13(20-2)4-5-15(14)21-3;/h4-8,10-11H,9H2,1-3H3,(H3,17,18,19);1H. The van der Waals surface area contributed by atoms with E-state index in [1.54, 1.807) is 25.6 Å². The van der Waals surface area contributed by atoms with Gasteiger partial charge in [-0.25, -0.2) is 0 Å². The van der Waals surface area contributed by atoms with Gasteiger partial charge >= 0.3 is 0 Å². The lowest BCUT2D eigenvalue weighted by atomic mass is 10.1. The van der Waals surface area contributed by atoms with E-state index in [0.717, 1.165) is 11.4 Å². The maximum Gasteiger partial charge on any atom is 0.193 e. The van der Waals surface area contributed by atoms with Crippen LogP contribution in [-0.2, 0) is 0 Å². The Bertz CT molecular complexity index is 632. The van der Waals surface area contributed by atoms with Gasteiger partial charge in [0.2, 0.25) is 0 Å². The third kappa shape index (κ3) is 5.58. The van der Waals surface area contributed by atoms with Crippen molar-refractivity contribution in [2.75, 3.05) is 26.1 Å². The van der Waals surface area contributed by atoms with Crippen LogP contribution in [0.25, 0.3) is 0 Å². The van der Waals surface area contributed by atoms with Crippen molar-refractivity contribution in [3.63, 3.8) is 0 Å². The van der Waals surface area contributed by atoms with E-state index in [0.29, 0.717) is 24.2 Å². The highest BCUT2D eigenvalue weighted by atomic mass is 127. The van der Waals surface area contributed by atoms with Crippen LogP contribution >= 0.6 is 35.3 Å². The van der Waals surface area contributed by atoms with Gasteiger partial charge in [0.1, 0.15) is 11.5 Å². The maximum atomic E-state index is 5.97. The highest BCUT2D eigenvalue weighted by Gasteiger charge is 2.08. The van der Waals surface area contributed by atoms with E-state index in [9.17, 15) is 0 Å². The maximum absolute atomic E-state index is 5.97. The van der Waals surface area contributed by atoms with E-state index in [1.807, 2.05) is 18.2 Å². The average Bonchev–Trinajstić information content (AvgIpc) is 3.07. The largest absolute Gasteiger partial charge is 0.497 e. The van der Waals surface area contributed by atoms with Crippen molar-refractivity contribution in [2.24, 2.45) is 10.7 Å². The lowest BCUT2D eigenvalue weighted by molar-refractivity contribution is 0.405. The number of hydrogen-bond donors (Lipinski definition) is 2. The number of halogens is 1. The molecule has 0 aliphatic rings. The Morgan fingerprint density at radius 1 is 1.30 bits per heavy atom. The first kappa shape index (κ1) is 19.6. The molecule has 0 radical (unpaired) electrons. The van der Waals surface area contributed by atoms with Gasteiger partial charge < -0.3 is 20.5 Å². The summed E-state index contributed by atoms with van der Waals surface area (Å²) in [4.78, 5) is 4.40. The number of methoxy groups -OCH3 is 2. The first-order valence-corrected chi connectivity index (χ1v) is 7.89. The molecule has 0 saturated carbocycles. The zero-order valence-corrected chi connectivity index (χ0v) is 16.6. The van der Waals surface area contributed by atoms with Crippen LogP contribution in [-0.4, -0.2) is 26.7 Å². The highest BCUT2D eigenvalue weighted by Crippen LogP contribution is 2.28. The van der Waals surface area contributed by atoms with Crippen LogP contribution in [0.15, 0.2) is 40.0 Å². The number of thiophene rings is 1. The van der Waals surface area contributed by atoms with Crippen LogP contribution in [0.1, 0.15) is 18.4 Å². The lowest BCUT2D eigenvalue weighted by Crippen LogP contribution is -2.23. The van der Waals surface area contributed by atoms with Gasteiger partial charge in [0.15, 0.2) is 5.96 Å². The normalized spacial score (nSPS) is 12.2. The van der Waals surface area contributed by atoms with Gasteiger partial charge in [0.05, 0.1) is 19.9 Å². The second kappa shape index (κ2) is 9.61. The zero-order chi connectivity index (χ0) is 15.9. The quantitative estimate of drug-likeness (QED) is 0.400. The Labute approximate surface area is 157 Å². The molecule has 1 aromatic carbocycles. The van der Waals surface area contributed by atoms with Gasteiger partial charge in [-0.05, 0) is 34.5 Å². The smallest absolute Gasteiger partial charge is 0.193 e. The molecule has 0 aliphatic heterocycles. The molecule has 7 heteroatoms. The summed E-state index contributed by atoms with van der Waals surface area (Å²) < 4.78 is 10.5. The van der Waals surface area contributed by atoms with Crippen molar-refractivity contribution in [2.45, 2.75) is 12.8 Å². The third-order valence-electron chi connectivity index (χ3n) is 3.32. The van der Waals surface area contributed by atoms with Crippen molar-refractivity contribution in [1.82, 2.24) is 0 Å². The minimum Gasteiger partial charge on any atom is -0.497 e. The monoisotopic (exact) mass is 447 g/mol. The van der Waals surface area contributed by atoms with Crippen LogP contribution in [0.3, 0.4) is 0 Å². The van der Waals surface area contributed by atoms with Crippen LogP contribution in [0.2, 0.25) is 0 Å². The molecular weight excluding hydrogens is 425 g/mol. The summed E-state index contributed by atoms with van der Waals surface area (Å²) in [6.45, 7) is 2.76. The predicted octanol–water partition coefficient (Wildman–Crippen LogP) is 3.91. The summed E-state index contributed by atoms with van der Waals surface area (Å²) >= 11 is 1.69. The molecule has 5 nitrogen and oxygen atoms in total. The Kier molecular flexibility index (Phi) is 8.18. The second-order valence-corrected chi connectivity index (χ2v) is 5.65. The fraction of sp³-hybridized carbons (Fsp3) is 0.312. The molecular formula is C16H22IN3O2S. The molecule has 0 bridgehead atoms. The van der Waals surface area contributed by atoms with Crippen molar-refractivity contribution in [3.8, 4) is 11.5 Å². The number of nitrogens with two attached hydrogens (primary N) is 1. The topological polar surface area (TPSA) is 68.9 Å². The van der Waals surface area contributed by atoms with Gasteiger partial charge in [0, 0.05) is 18.5 Å². The number of rotatable bonds is 6. The molecule has 0 aliphatic carbocycles. The Balaban J connectivity index is 0.00000264. The second-order valence-electron chi connectivity index (χ2n) is 4.87. The summed E-state index contributed by atoms with van der Waals surface area (Å²) in [6.07, 6.45) is 0. The molecule has 2 aromatic rings. The average molecular weight is 447 g/mol.